The second-order valence-corrected chi connectivity index (χ2v) is 9.30. The molecule has 0 heterocycles. The van der Waals surface area contributed by atoms with Crippen LogP contribution in [-0.4, -0.2) is 30.6 Å². The number of carbonyl (C=O) groups is 2. The first-order valence-electron chi connectivity index (χ1n) is 9.84. The zero-order valence-electron chi connectivity index (χ0n) is 17.7. The lowest BCUT2D eigenvalue weighted by Crippen LogP contribution is -2.33. The van der Waals surface area contributed by atoms with Crippen LogP contribution in [0.2, 0.25) is 0 Å². The van der Waals surface area contributed by atoms with Gasteiger partial charge in [0.2, 0.25) is 5.91 Å². The topological polar surface area (TPSA) is 46.2 Å². The Kier molecular flexibility index (Phi) is 9.53. The summed E-state index contributed by atoms with van der Waals surface area (Å²) >= 11 is 6.37. The van der Waals surface area contributed by atoms with E-state index in [-0.39, 0.29) is 17.5 Å². The van der Waals surface area contributed by atoms with E-state index >= 15 is 0 Å². The van der Waals surface area contributed by atoms with Crippen LogP contribution in [0.15, 0.2) is 51.4 Å². The summed E-state index contributed by atoms with van der Waals surface area (Å²) in [5.74, 6) is -3.22. The van der Waals surface area contributed by atoms with Gasteiger partial charge in [-0.3, -0.25) is 9.59 Å². The molecule has 2 aromatic carbocycles. The molecule has 1 unspecified atom stereocenters. The molecule has 0 aliphatic carbocycles. The number of aryl methyl sites for hydroxylation is 1. The Bertz CT molecular complexity index is 1060. The van der Waals surface area contributed by atoms with Gasteiger partial charge in [0.25, 0.3) is 0 Å². The van der Waals surface area contributed by atoms with E-state index in [0.717, 1.165) is 6.08 Å². The van der Waals surface area contributed by atoms with Gasteiger partial charge in [0.1, 0.15) is 6.54 Å². The van der Waals surface area contributed by atoms with Crippen molar-refractivity contribution in [2.45, 2.75) is 38.0 Å². The monoisotopic (exact) mass is 613 g/mol. The number of nitrogens with one attached hydrogen (secondary N) is 1. The minimum Gasteiger partial charge on any atom is -0.347 e. The molecule has 0 aliphatic heterocycles. The minimum absolute atomic E-state index is 0.0392. The smallest absolute Gasteiger partial charge is 0.347 e. The molecule has 0 bridgehead atoms. The molecule has 0 aromatic heterocycles. The van der Waals surface area contributed by atoms with E-state index in [1.165, 1.54) is 36.4 Å². The predicted molar refractivity (Wildman–Crippen MR) is 123 cm³/mol. The molecule has 0 saturated heterocycles. The maximum Gasteiger partial charge on any atom is 0.405 e. The molecule has 11 heteroatoms. The van der Waals surface area contributed by atoms with Crippen LogP contribution >= 0.6 is 31.9 Å². The van der Waals surface area contributed by atoms with Crippen LogP contribution in [0.3, 0.4) is 0 Å². The molecule has 0 aliphatic rings. The standard InChI is InChI=1S/C23H19Br2F6NO2/c1-13-8-14(2-4-18(13)20(33)6-7-21(34)32-12-22(26,27)28)3-5-19(23(29,30)31)15-9-16(24)11-17(25)10-15/h2-5,8-11,19H,6-7,12H2,1H3,(H,32,34)/b5-3+. The summed E-state index contributed by atoms with van der Waals surface area (Å²) in [7, 11) is 0. The van der Waals surface area contributed by atoms with Gasteiger partial charge in [-0.2, -0.15) is 26.3 Å². The highest BCUT2D eigenvalue weighted by Gasteiger charge is 2.39. The molecule has 0 saturated carbocycles. The number of Topliss-reactive ketones (excluding diaryl/α,β-unsaturated/α-hetero) is 1. The van der Waals surface area contributed by atoms with Crippen LogP contribution < -0.4 is 5.32 Å². The van der Waals surface area contributed by atoms with Crippen molar-refractivity contribution in [1.29, 1.82) is 0 Å². The third-order valence-electron chi connectivity index (χ3n) is 4.69. The first-order valence-corrected chi connectivity index (χ1v) is 11.4. The Hall–Kier alpha value is -2.14. The van der Waals surface area contributed by atoms with Crippen molar-refractivity contribution in [3.63, 3.8) is 0 Å². The first-order chi connectivity index (χ1) is 15.7. The highest BCUT2D eigenvalue weighted by Crippen LogP contribution is 2.38. The summed E-state index contributed by atoms with van der Waals surface area (Å²) in [6.45, 7) is 0.108. The summed E-state index contributed by atoms with van der Waals surface area (Å²) in [5, 5.41) is 1.69. The molecule has 2 rings (SSSR count). The SMILES string of the molecule is Cc1cc(/C=C/C(c2cc(Br)cc(Br)c2)C(F)(F)F)ccc1C(=O)CCC(=O)NCC(F)(F)F. The summed E-state index contributed by atoms with van der Waals surface area (Å²) in [6.07, 6.45) is -7.46. The lowest BCUT2D eigenvalue weighted by atomic mass is 9.95. The second kappa shape index (κ2) is 11.5. The highest BCUT2D eigenvalue weighted by atomic mass is 79.9. The molecule has 0 spiro atoms. The zero-order chi connectivity index (χ0) is 25.7. The lowest BCUT2D eigenvalue weighted by Gasteiger charge is -2.18. The number of allylic oxidation sites excluding steroid dienone is 1. The molecule has 0 radical (unpaired) electrons. The van der Waals surface area contributed by atoms with E-state index in [1.807, 2.05) is 0 Å². The summed E-state index contributed by atoms with van der Waals surface area (Å²) in [6, 6.07) is 8.79. The molecule has 1 N–H and O–H groups in total. The molecular formula is C23H19Br2F6NO2. The Morgan fingerprint density at radius 1 is 0.971 bits per heavy atom. The van der Waals surface area contributed by atoms with E-state index < -0.39 is 42.9 Å². The van der Waals surface area contributed by atoms with Crippen LogP contribution in [0.1, 0.15) is 45.8 Å². The minimum atomic E-state index is -4.54. The van der Waals surface area contributed by atoms with Gasteiger partial charge >= 0.3 is 12.4 Å². The number of carbonyl (C=O) groups excluding carboxylic acids is 2. The normalized spacial score (nSPS) is 13.2. The average molecular weight is 615 g/mol. The Balaban J connectivity index is 2.12. The van der Waals surface area contributed by atoms with Crippen molar-refractivity contribution in [2.75, 3.05) is 6.54 Å². The van der Waals surface area contributed by atoms with Crippen LogP contribution in [0.5, 0.6) is 0 Å². The number of hydrogen-bond donors (Lipinski definition) is 1. The van der Waals surface area contributed by atoms with Crippen LogP contribution in [-0.2, 0) is 4.79 Å². The number of halogens is 8. The molecule has 2 aromatic rings. The van der Waals surface area contributed by atoms with Crippen LogP contribution in [0.25, 0.3) is 6.08 Å². The highest BCUT2D eigenvalue weighted by molar-refractivity contribution is 9.11. The van der Waals surface area contributed by atoms with Gasteiger partial charge in [0, 0.05) is 27.4 Å². The van der Waals surface area contributed by atoms with Gasteiger partial charge in [-0.1, -0.05) is 62.2 Å². The second-order valence-electron chi connectivity index (χ2n) is 7.47. The quantitative estimate of drug-likeness (QED) is 0.247. The summed E-state index contributed by atoms with van der Waals surface area (Å²) < 4.78 is 78.4. The number of ketones is 1. The van der Waals surface area contributed by atoms with Crippen molar-refractivity contribution in [2.24, 2.45) is 0 Å². The van der Waals surface area contributed by atoms with Gasteiger partial charge in [-0.15, -0.1) is 0 Å². The van der Waals surface area contributed by atoms with E-state index in [4.69, 9.17) is 0 Å². The van der Waals surface area contributed by atoms with E-state index in [2.05, 4.69) is 31.9 Å². The number of hydrogen-bond acceptors (Lipinski definition) is 2. The maximum atomic E-state index is 13.7. The molecule has 184 valence electrons. The van der Waals surface area contributed by atoms with Crippen LogP contribution in [0, 0.1) is 6.92 Å². The van der Waals surface area contributed by atoms with Gasteiger partial charge in [0.15, 0.2) is 5.78 Å². The number of alkyl halides is 6. The lowest BCUT2D eigenvalue weighted by molar-refractivity contribution is -0.139. The molecular weight excluding hydrogens is 596 g/mol. The van der Waals surface area contributed by atoms with Gasteiger partial charge in [0.05, 0.1) is 5.92 Å². The van der Waals surface area contributed by atoms with Crippen molar-refractivity contribution >= 4 is 49.6 Å². The van der Waals surface area contributed by atoms with Gasteiger partial charge < -0.3 is 5.32 Å². The number of benzene rings is 2. The van der Waals surface area contributed by atoms with Gasteiger partial charge in [-0.25, -0.2) is 0 Å². The van der Waals surface area contributed by atoms with Crippen molar-refractivity contribution in [3.8, 4) is 0 Å². The molecule has 1 amide bonds. The van der Waals surface area contributed by atoms with E-state index in [9.17, 15) is 35.9 Å². The molecule has 3 nitrogen and oxygen atoms in total. The summed E-state index contributed by atoms with van der Waals surface area (Å²) in [5.41, 5.74) is 1.18. The van der Waals surface area contributed by atoms with Crippen molar-refractivity contribution < 1.29 is 35.9 Å². The number of rotatable bonds is 8. The fourth-order valence-corrected chi connectivity index (χ4v) is 4.45. The fourth-order valence-electron chi connectivity index (χ4n) is 3.12. The van der Waals surface area contributed by atoms with Crippen molar-refractivity contribution in [1.82, 2.24) is 5.32 Å². The number of amides is 1. The third kappa shape index (κ3) is 8.90. The average Bonchev–Trinajstić information content (AvgIpc) is 2.68. The Morgan fingerprint density at radius 2 is 1.59 bits per heavy atom. The van der Waals surface area contributed by atoms with E-state index in [1.54, 1.807) is 18.3 Å². The predicted octanol–water partition coefficient (Wildman–Crippen LogP) is 7.52. The molecule has 1 atom stereocenters. The van der Waals surface area contributed by atoms with Gasteiger partial charge in [-0.05, 0) is 41.8 Å². The molecule has 0 fully saturated rings. The first kappa shape index (κ1) is 28.1. The summed E-state index contributed by atoms with van der Waals surface area (Å²) in [4.78, 5) is 23.8. The maximum absolute atomic E-state index is 13.7. The van der Waals surface area contributed by atoms with Crippen molar-refractivity contribution in [3.05, 3.63) is 73.7 Å². The zero-order valence-corrected chi connectivity index (χ0v) is 20.8. The largest absolute Gasteiger partial charge is 0.405 e. The molecule has 34 heavy (non-hydrogen) atoms. The third-order valence-corrected chi connectivity index (χ3v) is 5.61. The van der Waals surface area contributed by atoms with E-state index in [0.29, 0.717) is 20.1 Å². The fraction of sp³-hybridized carbons (Fsp3) is 0.304. The Morgan fingerprint density at radius 3 is 2.12 bits per heavy atom. The van der Waals surface area contributed by atoms with Crippen LogP contribution in [0.4, 0.5) is 26.3 Å². The Labute approximate surface area is 208 Å².